The lowest BCUT2D eigenvalue weighted by atomic mass is 10.1. The largest absolute Gasteiger partial charge is 0.496 e. The molecule has 0 aliphatic rings. The lowest BCUT2D eigenvalue weighted by Crippen LogP contribution is -2.41. The molecular formula is C19H25N3O2. The molecule has 0 saturated carbocycles. The maximum Gasteiger partial charge on any atom is 0.318 e. The van der Waals surface area contributed by atoms with E-state index in [1.54, 1.807) is 24.4 Å². The second kappa shape index (κ2) is 8.34. The number of carbonyl (C=O) groups is 1. The number of pyridine rings is 1. The van der Waals surface area contributed by atoms with E-state index >= 15 is 0 Å². The van der Waals surface area contributed by atoms with Crippen LogP contribution in [0, 0.1) is 6.92 Å². The summed E-state index contributed by atoms with van der Waals surface area (Å²) in [5.41, 5.74) is 3.10. The van der Waals surface area contributed by atoms with Crippen molar-refractivity contribution in [3.05, 3.63) is 59.4 Å². The number of aryl methyl sites for hydroxylation is 1. The van der Waals surface area contributed by atoms with Crippen LogP contribution >= 0.6 is 0 Å². The van der Waals surface area contributed by atoms with Gasteiger partial charge in [-0.25, -0.2) is 4.79 Å². The molecule has 0 radical (unpaired) electrons. The van der Waals surface area contributed by atoms with Crippen LogP contribution in [-0.4, -0.2) is 29.6 Å². The zero-order valence-electron chi connectivity index (χ0n) is 14.7. The van der Waals surface area contributed by atoms with Crippen molar-refractivity contribution in [3.63, 3.8) is 0 Å². The molecule has 2 aromatic rings. The van der Waals surface area contributed by atoms with Gasteiger partial charge in [-0.15, -0.1) is 0 Å². The predicted octanol–water partition coefficient (Wildman–Crippen LogP) is 3.69. The molecule has 0 bridgehead atoms. The lowest BCUT2D eigenvalue weighted by Gasteiger charge is -2.28. The third-order valence-corrected chi connectivity index (χ3v) is 4.11. The Morgan fingerprint density at radius 2 is 2.17 bits per heavy atom. The van der Waals surface area contributed by atoms with Crippen molar-refractivity contribution >= 4 is 6.03 Å². The first kappa shape index (κ1) is 17.8. The first-order valence-corrected chi connectivity index (χ1v) is 8.14. The van der Waals surface area contributed by atoms with E-state index in [4.69, 9.17) is 4.74 Å². The normalized spacial score (nSPS) is 11.7. The second-order valence-electron chi connectivity index (χ2n) is 5.72. The summed E-state index contributed by atoms with van der Waals surface area (Å²) in [4.78, 5) is 18.5. The van der Waals surface area contributed by atoms with Gasteiger partial charge < -0.3 is 15.0 Å². The molecule has 0 saturated heterocycles. The molecule has 128 valence electrons. The monoisotopic (exact) mass is 327 g/mol. The number of hydrogen-bond acceptors (Lipinski definition) is 3. The van der Waals surface area contributed by atoms with Gasteiger partial charge in [0, 0.05) is 31.0 Å². The van der Waals surface area contributed by atoms with E-state index < -0.39 is 0 Å². The van der Waals surface area contributed by atoms with E-state index in [0.29, 0.717) is 13.1 Å². The summed E-state index contributed by atoms with van der Waals surface area (Å²) in [6.45, 7) is 7.04. The smallest absolute Gasteiger partial charge is 0.318 e. The van der Waals surface area contributed by atoms with E-state index in [-0.39, 0.29) is 12.1 Å². The maximum absolute atomic E-state index is 12.6. The molecule has 1 unspecified atom stereocenters. The number of methoxy groups -OCH3 is 1. The Labute approximate surface area is 143 Å². The van der Waals surface area contributed by atoms with Crippen molar-refractivity contribution in [1.29, 1.82) is 0 Å². The summed E-state index contributed by atoms with van der Waals surface area (Å²) in [5, 5.41) is 2.98. The van der Waals surface area contributed by atoms with Crippen LogP contribution in [0.15, 0.2) is 42.7 Å². The van der Waals surface area contributed by atoms with Gasteiger partial charge in [0.15, 0.2) is 0 Å². The second-order valence-corrected chi connectivity index (χ2v) is 5.72. The van der Waals surface area contributed by atoms with E-state index in [1.165, 1.54) is 0 Å². The molecule has 1 aromatic carbocycles. The molecule has 1 aromatic heterocycles. The van der Waals surface area contributed by atoms with Crippen LogP contribution in [0.4, 0.5) is 4.79 Å². The van der Waals surface area contributed by atoms with Crippen LogP contribution in [0.25, 0.3) is 0 Å². The number of amides is 2. The molecule has 2 rings (SSSR count). The van der Waals surface area contributed by atoms with Crippen LogP contribution in [0.1, 0.15) is 36.6 Å². The van der Waals surface area contributed by atoms with Crippen LogP contribution in [0.2, 0.25) is 0 Å². The molecule has 1 N–H and O–H groups in total. The Bertz CT molecular complexity index is 674. The summed E-state index contributed by atoms with van der Waals surface area (Å²) in [6.07, 6.45) is 3.53. The standard InChI is InChI=1S/C19H25N3O2/c1-5-22(15(3)16-7-6-10-20-12-16)19(23)21-13-17-9-8-14(2)11-18(17)24-4/h6-12,15H,5,13H2,1-4H3,(H,21,23). The Balaban J connectivity index is 2.05. The van der Waals surface area contributed by atoms with Gasteiger partial charge in [-0.1, -0.05) is 18.2 Å². The average Bonchev–Trinajstić information content (AvgIpc) is 2.61. The number of benzene rings is 1. The van der Waals surface area contributed by atoms with Gasteiger partial charge in [-0.3, -0.25) is 4.98 Å². The van der Waals surface area contributed by atoms with Crippen molar-refractivity contribution in [2.45, 2.75) is 33.4 Å². The minimum Gasteiger partial charge on any atom is -0.496 e. The molecule has 1 heterocycles. The maximum atomic E-state index is 12.6. The fourth-order valence-corrected chi connectivity index (χ4v) is 2.67. The highest BCUT2D eigenvalue weighted by atomic mass is 16.5. The Morgan fingerprint density at radius 1 is 1.38 bits per heavy atom. The summed E-state index contributed by atoms with van der Waals surface area (Å²) >= 11 is 0. The van der Waals surface area contributed by atoms with Gasteiger partial charge in [0.05, 0.1) is 13.2 Å². The topological polar surface area (TPSA) is 54.5 Å². The summed E-state index contributed by atoms with van der Waals surface area (Å²) in [5.74, 6) is 0.790. The van der Waals surface area contributed by atoms with Crippen molar-refractivity contribution in [2.24, 2.45) is 0 Å². The zero-order valence-corrected chi connectivity index (χ0v) is 14.7. The minimum atomic E-state index is -0.100. The lowest BCUT2D eigenvalue weighted by molar-refractivity contribution is 0.182. The zero-order chi connectivity index (χ0) is 17.5. The number of carbonyl (C=O) groups excluding carboxylic acids is 1. The van der Waals surface area contributed by atoms with Gasteiger partial charge in [-0.05, 0) is 44.0 Å². The van der Waals surface area contributed by atoms with Crippen molar-refractivity contribution in [2.75, 3.05) is 13.7 Å². The number of hydrogen-bond donors (Lipinski definition) is 1. The van der Waals surface area contributed by atoms with Crippen molar-refractivity contribution in [3.8, 4) is 5.75 Å². The number of nitrogens with one attached hydrogen (secondary N) is 1. The Hall–Kier alpha value is -2.56. The fraction of sp³-hybridized carbons (Fsp3) is 0.368. The van der Waals surface area contributed by atoms with E-state index in [1.807, 2.05) is 51.1 Å². The van der Waals surface area contributed by atoms with E-state index in [0.717, 1.165) is 22.4 Å². The molecule has 0 spiro atoms. The molecular weight excluding hydrogens is 302 g/mol. The highest BCUT2D eigenvalue weighted by Crippen LogP contribution is 2.21. The molecule has 0 aliphatic carbocycles. The van der Waals surface area contributed by atoms with Crippen LogP contribution in [0.5, 0.6) is 5.75 Å². The van der Waals surface area contributed by atoms with Gasteiger partial charge in [0.2, 0.25) is 0 Å². The molecule has 5 nitrogen and oxygen atoms in total. The molecule has 24 heavy (non-hydrogen) atoms. The SMILES string of the molecule is CCN(C(=O)NCc1ccc(C)cc1OC)C(C)c1cccnc1. The number of nitrogens with zero attached hydrogens (tertiary/aromatic N) is 2. The average molecular weight is 327 g/mol. The van der Waals surface area contributed by atoms with Crippen molar-refractivity contribution < 1.29 is 9.53 Å². The quantitative estimate of drug-likeness (QED) is 0.880. The summed E-state index contributed by atoms with van der Waals surface area (Å²) in [7, 11) is 1.64. The highest BCUT2D eigenvalue weighted by Gasteiger charge is 2.20. The van der Waals surface area contributed by atoms with Gasteiger partial charge in [0.1, 0.15) is 5.75 Å². The highest BCUT2D eigenvalue weighted by molar-refractivity contribution is 5.74. The number of urea groups is 1. The molecule has 2 amide bonds. The molecule has 0 fully saturated rings. The fourth-order valence-electron chi connectivity index (χ4n) is 2.67. The first-order chi connectivity index (χ1) is 11.6. The number of rotatable bonds is 6. The predicted molar refractivity (Wildman–Crippen MR) is 95.0 cm³/mol. The molecule has 5 heteroatoms. The third-order valence-electron chi connectivity index (χ3n) is 4.11. The molecule has 1 atom stereocenters. The summed E-state index contributed by atoms with van der Waals surface area (Å²) in [6, 6.07) is 9.69. The van der Waals surface area contributed by atoms with Gasteiger partial charge in [0.25, 0.3) is 0 Å². The Kier molecular flexibility index (Phi) is 6.18. The van der Waals surface area contributed by atoms with Gasteiger partial charge in [-0.2, -0.15) is 0 Å². The van der Waals surface area contributed by atoms with Crippen LogP contribution < -0.4 is 10.1 Å². The van der Waals surface area contributed by atoms with Crippen LogP contribution in [0.3, 0.4) is 0 Å². The summed E-state index contributed by atoms with van der Waals surface area (Å²) < 4.78 is 5.39. The number of aromatic nitrogens is 1. The van der Waals surface area contributed by atoms with Crippen molar-refractivity contribution in [1.82, 2.24) is 15.2 Å². The van der Waals surface area contributed by atoms with Gasteiger partial charge >= 0.3 is 6.03 Å². The van der Waals surface area contributed by atoms with E-state index in [9.17, 15) is 4.79 Å². The Morgan fingerprint density at radius 3 is 2.79 bits per heavy atom. The minimum absolute atomic E-state index is 0.0383. The number of ether oxygens (including phenoxy) is 1. The van der Waals surface area contributed by atoms with Crippen LogP contribution in [-0.2, 0) is 6.54 Å². The first-order valence-electron chi connectivity index (χ1n) is 8.14. The third kappa shape index (κ3) is 4.25. The molecule has 0 aliphatic heterocycles. The van der Waals surface area contributed by atoms with E-state index in [2.05, 4.69) is 10.3 Å².